The highest BCUT2D eigenvalue weighted by Gasteiger charge is 2.14. The molecule has 6 nitrogen and oxygen atoms in total. The van der Waals surface area contributed by atoms with Crippen molar-refractivity contribution in [3.8, 4) is 0 Å². The van der Waals surface area contributed by atoms with Crippen molar-refractivity contribution in [2.45, 2.75) is 13.1 Å². The molecule has 1 N–H and O–H groups in total. The summed E-state index contributed by atoms with van der Waals surface area (Å²) in [7, 11) is 1.67. The number of fused-ring (bicyclic) bond motifs is 1. The Bertz CT molecular complexity index is 1020. The molecule has 0 fully saturated rings. The van der Waals surface area contributed by atoms with Crippen molar-refractivity contribution in [2.75, 3.05) is 7.05 Å². The standard InChI is InChI=1S/C16H14BrN3O3S/c1-19(8-10-6-7-13(17)24-10)14(21)9-20-16(23)12-5-3-2-4-11(12)15(22)18-20/h2-7H,8-9H2,1H3,(H,18,22). The number of H-pyrrole nitrogens is 1. The number of likely N-dealkylation sites (N-methyl/N-ethyl adjacent to an activating group) is 1. The van der Waals surface area contributed by atoms with Crippen molar-refractivity contribution in [1.29, 1.82) is 0 Å². The van der Waals surface area contributed by atoms with Gasteiger partial charge >= 0.3 is 0 Å². The van der Waals surface area contributed by atoms with Gasteiger partial charge in [-0.3, -0.25) is 19.5 Å². The average molecular weight is 408 g/mol. The predicted molar refractivity (Wildman–Crippen MR) is 97.3 cm³/mol. The van der Waals surface area contributed by atoms with E-state index in [0.29, 0.717) is 17.3 Å². The van der Waals surface area contributed by atoms with Crippen LogP contribution < -0.4 is 11.1 Å². The molecule has 1 aromatic carbocycles. The number of halogens is 1. The van der Waals surface area contributed by atoms with E-state index in [4.69, 9.17) is 0 Å². The highest BCUT2D eigenvalue weighted by Crippen LogP contribution is 2.22. The minimum absolute atomic E-state index is 0.206. The monoisotopic (exact) mass is 407 g/mol. The topological polar surface area (TPSA) is 75.2 Å². The first kappa shape index (κ1) is 16.7. The second-order valence-corrected chi connectivity index (χ2v) is 7.88. The van der Waals surface area contributed by atoms with Crippen LogP contribution in [0.1, 0.15) is 4.88 Å². The van der Waals surface area contributed by atoms with Crippen molar-refractivity contribution >= 4 is 43.9 Å². The Morgan fingerprint density at radius 2 is 1.92 bits per heavy atom. The van der Waals surface area contributed by atoms with Gasteiger partial charge < -0.3 is 4.90 Å². The molecule has 124 valence electrons. The molecule has 2 heterocycles. The molecule has 0 atom stereocenters. The van der Waals surface area contributed by atoms with Crippen molar-refractivity contribution in [1.82, 2.24) is 14.7 Å². The minimum Gasteiger partial charge on any atom is -0.339 e. The lowest BCUT2D eigenvalue weighted by atomic mass is 10.2. The first-order valence-electron chi connectivity index (χ1n) is 7.16. The highest BCUT2D eigenvalue weighted by atomic mass is 79.9. The smallest absolute Gasteiger partial charge is 0.273 e. The fourth-order valence-corrected chi connectivity index (χ4v) is 3.91. The summed E-state index contributed by atoms with van der Waals surface area (Å²) in [5.41, 5.74) is -0.770. The summed E-state index contributed by atoms with van der Waals surface area (Å²) in [6.07, 6.45) is 0. The van der Waals surface area contributed by atoms with Crippen molar-refractivity contribution < 1.29 is 4.79 Å². The Labute approximate surface area is 149 Å². The van der Waals surface area contributed by atoms with E-state index in [1.165, 1.54) is 4.90 Å². The number of hydrogen-bond donors (Lipinski definition) is 1. The van der Waals surface area contributed by atoms with E-state index in [1.807, 2.05) is 12.1 Å². The Hall–Kier alpha value is -2.19. The number of rotatable bonds is 4. The van der Waals surface area contributed by atoms with Crippen LogP contribution in [0, 0.1) is 0 Å². The van der Waals surface area contributed by atoms with Gasteiger partial charge in [0.25, 0.3) is 11.1 Å². The van der Waals surface area contributed by atoms with E-state index in [9.17, 15) is 14.4 Å². The predicted octanol–water partition coefficient (Wildman–Crippen LogP) is 2.17. The van der Waals surface area contributed by atoms with Gasteiger partial charge in [-0.1, -0.05) is 12.1 Å². The number of nitrogens with one attached hydrogen (secondary N) is 1. The third kappa shape index (κ3) is 3.34. The number of hydrogen-bond acceptors (Lipinski definition) is 4. The minimum atomic E-state index is -0.386. The molecule has 2 aromatic heterocycles. The zero-order chi connectivity index (χ0) is 17.3. The second kappa shape index (κ2) is 6.74. The fourth-order valence-electron chi connectivity index (χ4n) is 2.37. The quantitative estimate of drug-likeness (QED) is 0.719. The Morgan fingerprint density at radius 3 is 2.58 bits per heavy atom. The van der Waals surface area contributed by atoms with Crippen molar-refractivity contribution in [2.24, 2.45) is 0 Å². The van der Waals surface area contributed by atoms with E-state index in [0.717, 1.165) is 13.3 Å². The molecule has 0 aliphatic heterocycles. The number of thiophene rings is 1. The molecule has 3 aromatic rings. The van der Waals surface area contributed by atoms with Gasteiger partial charge in [-0.05, 0) is 40.2 Å². The van der Waals surface area contributed by atoms with Crippen LogP contribution in [0.4, 0.5) is 0 Å². The van der Waals surface area contributed by atoms with Gasteiger partial charge in [-0.25, -0.2) is 4.68 Å². The number of aromatic amines is 1. The van der Waals surface area contributed by atoms with Gasteiger partial charge in [-0.2, -0.15) is 0 Å². The zero-order valence-corrected chi connectivity index (χ0v) is 15.2. The molecular formula is C16H14BrN3O3S. The van der Waals surface area contributed by atoms with Gasteiger partial charge in [0.15, 0.2) is 0 Å². The summed E-state index contributed by atoms with van der Waals surface area (Å²) in [5.74, 6) is -0.257. The van der Waals surface area contributed by atoms with Crippen LogP contribution in [-0.4, -0.2) is 27.6 Å². The van der Waals surface area contributed by atoms with Crippen molar-refractivity contribution in [3.05, 3.63) is 65.8 Å². The number of nitrogens with zero attached hydrogens (tertiary/aromatic N) is 2. The summed E-state index contributed by atoms with van der Waals surface area (Å²) in [6.45, 7) is 0.240. The molecule has 24 heavy (non-hydrogen) atoms. The molecule has 0 aliphatic carbocycles. The van der Waals surface area contributed by atoms with E-state index in [1.54, 1.807) is 42.6 Å². The molecule has 8 heteroatoms. The second-order valence-electron chi connectivity index (χ2n) is 5.33. The maximum atomic E-state index is 12.4. The zero-order valence-electron chi connectivity index (χ0n) is 12.8. The largest absolute Gasteiger partial charge is 0.339 e. The molecular weight excluding hydrogens is 394 g/mol. The Kier molecular flexibility index (Phi) is 4.68. The first-order chi connectivity index (χ1) is 11.5. The summed E-state index contributed by atoms with van der Waals surface area (Å²) >= 11 is 4.93. The summed E-state index contributed by atoms with van der Waals surface area (Å²) in [4.78, 5) is 39.4. The average Bonchev–Trinajstić information content (AvgIpc) is 2.97. The fraction of sp³-hybridized carbons (Fsp3) is 0.188. The third-order valence-corrected chi connectivity index (χ3v) is 5.23. The van der Waals surface area contributed by atoms with E-state index >= 15 is 0 Å². The number of carbonyl (C=O) groups excluding carboxylic acids is 1. The van der Waals surface area contributed by atoms with E-state index < -0.39 is 0 Å². The number of amides is 1. The molecule has 0 radical (unpaired) electrons. The maximum absolute atomic E-state index is 12.4. The molecule has 3 rings (SSSR count). The van der Waals surface area contributed by atoms with Crippen LogP contribution in [0.5, 0.6) is 0 Å². The maximum Gasteiger partial charge on any atom is 0.273 e. The summed E-state index contributed by atoms with van der Waals surface area (Å²) in [6, 6.07) is 10.4. The number of benzene rings is 1. The van der Waals surface area contributed by atoms with Gasteiger partial charge in [0.2, 0.25) is 5.91 Å². The SMILES string of the molecule is CN(Cc1ccc(Br)s1)C(=O)Cn1[nH]c(=O)c2ccccc2c1=O. The van der Waals surface area contributed by atoms with Crippen LogP contribution >= 0.6 is 27.3 Å². The third-order valence-electron chi connectivity index (χ3n) is 3.62. The van der Waals surface area contributed by atoms with Gasteiger partial charge in [0.1, 0.15) is 6.54 Å². The van der Waals surface area contributed by atoms with E-state index in [-0.39, 0.29) is 23.6 Å². The van der Waals surface area contributed by atoms with Crippen LogP contribution in [0.25, 0.3) is 10.8 Å². The molecule has 0 saturated carbocycles. The van der Waals surface area contributed by atoms with Gasteiger partial charge in [0.05, 0.1) is 21.1 Å². The Morgan fingerprint density at radius 1 is 1.21 bits per heavy atom. The molecule has 0 unspecified atom stereocenters. The van der Waals surface area contributed by atoms with Crippen LogP contribution in [0.2, 0.25) is 0 Å². The lowest BCUT2D eigenvalue weighted by Crippen LogP contribution is -2.37. The first-order valence-corrected chi connectivity index (χ1v) is 8.76. The van der Waals surface area contributed by atoms with Crippen LogP contribution in [0.15, 0.2) is 49.8 Å². The van der Waals surface area contributed by atoms with Crippen LogP contribution in [-0.2, 0) is 17.9 Å². The normalized spacial score (nSPS) is 10.9. The van der Waals surface area contributed by atoms with E-state index in [2.05, 4.69) is 21.0 Å². The number of carbonyl (C=O) groups is 1. The molecule has 0 aliphatic rings. The van der Waals surface area contributed by atoms with Crippen molar-refractivity contribution in [3.63, 3.8) is 0 Å². The lowest BCUT2D eigenvalue weighted by Gasteiger charge is -2.17. The number of aromatic nitrogens is 2. The van der Waals surface area contributed by atoms with Crippen LogP contribution in [0.3, 0.4) is 0 Å². The summed E-state index contributed by atoms with van der Waals surface area (Å²) in [5, 5.41) is 3.10. The summed E-state index contributed by atoms with van der Waals surface area (Å²) < 4.78 is 2.06. The molecule has 0 spiro atoms. The van der Waals surface area contributed by atoms with Gasteiger partial charge in [-0.15, -0.1) is 11.3 Å². The lowest BCUT2D eigenvalue weighted by molar-refractivity contribution is -0.131. The Balaban J connectivity index is 1.84. The highest BCUT2D eigenvalue weighted by molar-refractivity contribution is 9.11. The molecule has 1 amide bonds. The van der Waals surface area contributed by atoms with Gasteiger partial charge in [0, 0.05) is 11.9 Å². The molecule has 0 bridgehead atoms. The molecule has 0 saturated heterocycles.